The second-order valence-electron chi connectivity index (χ2n) is 5.46. The number of rotatable bonds is 3. The van der Waals surface area contributed by atoms with Crippen LogP contribution >= 0.6 is 0 Å². The topological polar surface area (TPSA) is 83.5 Å². The third-order valence-corrected chi connectivity index (χ3v) is 6.15. The van der Waals surface area contributed by atoms with Gasteiger partial charge in [0.05, 0.1) is 29.8 Å². The highest BCUT2D eigenvalue weighted by atomic mass is 32.2. The Morgan fingerprint density at radius 2 is 2.00 bits per heavy atom. The molecule has 114 valence electrons. The molecule has 3 heterocycles. The number of nitrogens with zero attached hydrogens (tertiary/aromatic N) is 4. The van der Waals surface area contributed by atoms with Crippen LogP contribution in [0.2, 0.25) is 0 Å². The first-order chi connectivity index (χ1) is 10.0. The van der Waals surface area contributed by atoms with Gasteiger partial charge >= 0.3 is 0 Å². The standard InChI is InChI=1S/C13H18N4O3S/c1-2-21(19,20)16-7-10-3-4-17(13(18)12(10)8-16)11-5-14-9-15-6-11/h5-6,9-10,12H,2-4,7-8H2,1H3/t10-,12-/m0/s1. The van der Waals surface area contributed by atoms with E-state index in [1.54, 1.807) is 24.2 Å². The molecule has 0 unspecified atom stereocenters. The molecule has 0 aliphatic carbocycles. The first kappa shape index (κ1) is 14.4. The van der Waals surface area contributed by atoms with E-state index in [0.29, 0.717) is 25.3 Å². The molecule has 2 aliphatic heterocycles. The van der Waals surface area contributed by atoms with Crippen molar-refractivity contribution in [1.29, 1.82) is 0 Å². The van der Waals surface area contributed by atoms with Gasteiger partial charge in [0.1, 0.15) is 6.33 Å². The van der Waals surface area contributed by atoms with E-state index in [-0.39, 0.29) is 23.5 Å². The van der Waals surface area contributed by atoms with Crippen LogP contribution in [0.5, 0.6) is 0 Å². The minimum atomic E-state index is -3.22. The monoisotopic (exact) mass is 310 g/mol. The Hall–Kier alpha value is -1.54. The minimum Gasteiger partial charge on any atom is -0.309 e. The molecule has 2 fully saturated rings. The average molecular weight is 310 g/mol. The van der Waals surface area contributed by atoms with Gasteiger partial charge in [0.2, 0.25) is 15.9 Å². The predicted molar refractivity (Wildman–Crippen MR) is 77.0 cm³/mol. The van der Waals surface area contributed by atoms with E-state index in [4.69, 9.17) is 0 Å². The summed E-state index contributed by atoms with van der Waals surface area (Å²) in [5.74, 6) is -0.0634. The normalized spacial score (nSPS) is 26.9. The molecule has 1 aromatic heterocycles. The fourth-order valence-corrected chi connectivity index (χ4v) is 4.28. The highest BCUT2D eigenvalue weighted by Crippen LogP contribution is 2.35. The van der Waals surface area contributed by atoms with E-state index in [9.17, 15) is 13.2 Å². The van der Waals surface area contributed by atoms with Crippen LogP contribution in [0, 0.1) is 11.8 Å². The lowest BCUT2D eigenvalue weighted by atomic mass is 9.88. The number of hydrogen-bond acceptors (Lipinski definition) is 5. The van der Waals surface area contributed by atoms with Crippen LogP contribution in [0.25, 0.3) is 0 Å². The maximum absolute atomic E-state index is 12.6. The predicted octanol–water partition coefficient (Wildman–Crippen LogP) is 0.111. The Labute approximate surface area is 124 Å². The van der Waals surface area contributed by atoms with Gasteiger partial charge in [0, 0.05) is 19.6 Å². The van der Waals surface area contributed by atoms with Gasteiger partial charge in [-0.15, -0.1) is 0 Å². The number of carbonyl (C=O) groups excluding carboxylic acids is 1. The van der Waals surface area contributed by atoms with Crippen molar-refractivity contribution in [2.75, 3.05) is 30.3 Å². The molecular formula is C13H18N4O3S. The van der Waals surface area contributed by atoms with E-state index < -0.39 is 10.0 Å². The third-order valence-electron chi connectivity index (χ3n) is 4.33. The molecule has 0 spiro atoms. The van der Waals surface area contributed by atoms with Crippen molar-refractivity contribution in [1.82, 2.24) is 14.3 Å². The molecule has 0 aromatic carbocycles. The van der Waals surface area contributed by atoms with Crippen molar-refractivity contribution in [2.45, 2.75) is 13.3 Å². The van der Waals surface area contributed by atoms with Crippen molar-refractivity contribution < 1.29 is 13.2 Å². The summed E-state index contributed by atoms with van der Waals surface area (Å²) in [4.78, 5) is 22.2. The van der Waals surface area contributed by atoms with E-state index in [1.807, 2.05) is 0 Å². The molecule has 8 heteroatoms. The molecule has 2 atom stereocenters. The van der Waals surface area contributed by atoms with Crippen molar-refractivity contribution in [3.63, 3.8) is 0 Å². The molecule has 3 rings (SSSR count). The van der Waals surface area contributed by atoms with E-state index in [2.05, 4.69) is 9.97 Å². The van der Waals surface area contributed by atoms with Crippen molar-refractivity contribution >= 4 is 21.6 Å². The number of hydrogen-bond donors (Lipinski definition) is 0. The lowest BCUT2D eigenvalue weighted by Crippen LogP contribution is -2.45. The fraction of sp³-hybridized carbons (Fsp3) is 0.615. The van der Waals surface area contributed by atoms with Gasteiger partial charge in [0.15, 0.2) is 0 Å². The molecule has 21 heavy (non-hydrogen) atoms. The zero-order chi connectivity index (χ0) is 15.0. The summed E-state index contributed by atoms with van der Waals surface area (Å²) >= 11 is 0. The summed E-state index contributed by atoms with van der Waals surface area (Å²) in [6, 6.07) is 0. The fourth-order valence-electron chi connectivity index (χ4n) is 3.11. The quantitative estimate of drug-likeness (QED) is 0.791. The summed E-state index contributed by atoms with van der Waals surface area (Å²) in [6.45, 7) is 2.98. The smallest absolute Gasteiger partial charge is 0.231 e. The number of fused-ring (bicyclic) bond motifs is 1. The van der Waals surface area contributed by atoms with Gasteiger partial charge in [-0.25, -0.2) is 22.7 Å². The number of amides is 1. The number of aromatic nitrogens is 2. The molecular weight excluding hydrogens is 292 g/mol. The maximum Gasteiger partial charge on any atom is 0.231 e. The van der Waals surface area contributed by atoms with Gasteiger partial charge in [-0.05, 0) is 19.3 Å². The highest BCUT2D eigenvalue weighted by Gasteiger charge is 2.46. The summed E-state index contributed by atoms with van der Waals surface area (Å²) < 4.78 is 25.4. The Morgan fingerprint density at radius 1 is 1.29 bits per heavy atom. The van der Waals surface area contributed by atoms with Crippen LogP contribution in [-0.4, -0.2) is 54.0 Å². The Kier molecular flexibility index (Phi) is 3.66. The number of piperidine rings is 1. The molecule has 0 radical (unpaired) electrons. The molecule has 0 bridgehead atoms. The second kappa shape index (κ2) is 5.34. The minimum absolute atomic E-state index is 0.0187. The third kappa shape index (κ3) is 2.53. The van der Waals surface area contributed by atoms with E-state index in [0.717, 1.165) is 6.42 Å². The first-order valence-electron chi connectivity index (χ1n) is 7.07. The molecule has 2 aliphatic rings. The molecule has 1 amide bonds. The van der Waals surface area contributed by atoms with Crippen molar-refractivity contribution in [3.8, 4) is 0 Å². The van der Waals surface area contributed by atoms with Crippen molar-refractivity contribution in [2.24, 2.45) is 11.8 Å². The zero-order valence-corrected chi connectivity index (χ0v) is 12.7. The highest BCUT2D eigenvalue weighted by molar-refractivity contribution is 7.89. The largest absolute Gasteiger partial charge is 0.309 e. The Morgan fingerprint density at radius 3 is 2.67 bits per heavy atom. The molecule has 1 aromatic rings. The van der Waals surface area contributed by atoms with E-state index >= 15 is 0 Å². The van der Waals surface area contributed by atoms with Crippen LogP contribution in [0.4, 0.5) is 5.69 Å². The van der Waals surface area contributed by atoms with Gasteiger partial charge < -0.3 is 4.90 Å². The van der Waals surface area contributed by atoms with E-state index in [1.165, 1.54) is 10.6 Å². The van der Waals surface area contributed by atoms with Gasteiger partial charge in [-0.1, -0.05) is 0 Å². The zero-order valence-electron chi connectivity index (χ0n) is 11.8. The number of sulfonamides is 1. The molecule has 0 saturated carbocycles. The Balaban J connectivity index is 1.80. The second-order valence-corrected chi connectivity index (χ2v) is 7.72. The molecule has 7 nitrogen and oxygen atoms in total. The Bertz CT molecular complexity index is 634. The lowest BCUT2D eigenvalue weighted by Gasteiger charge is -2.33. The van der Waals surface area contributed by atoms with Crippen molar-refractivity contribution in [3.05, 3.63) is 18.7 Å². The molecule has 2 saturated heterocycles. The summed E-state index contributed by atoms with van der Waals surface area (Å²) in [6.07, 6.45) is 5.45. The van der Waals surface area contributed by atoms with Gasteiger partial charge in [-0.3, -0.25) is 4.79 Å². The molecule has 0 N–H and O–H groups in total. The first-order valence-corrected chi connectivity index (χ1v) is 8.68. The average Bonchev–Trinajstić information content (AvgIpc) is 2.94. The van der Waals surface area contributed by atoms with Crippen LogP contribution < -0.4 is 4.90 Å². The SMILES string of the molecule is CCS(=O)(=O)N1C[C@@H]2CCN(c3cncnc3)C(=O)[C@H]2C1. The van der Waals surface area contributed by atoms with Crippen LogP contribution in [0.3, 0.4) is 0 Å². The summed E-state index contributed by atoms with van der Waals surface area (Å²) in [7, 11) is -3.22. The van der Waals surface area contributed by atoms with Crippen LogP contribution in [-0.2, 0) is 14.8 Å². The number of anilines is 1. The number of carbonyl (C=O) groups is 1. The maximum atomic E-state index is 12.6. The summed E-state index contributed by atoms with van der Waals surface area (Å²) in [5.41, 5.74) is 0.678. The summed E-state index contributed by atoms with van der Waals surface area (Å²) in [5, 5.41) is 0. The lowest BCUT2D eigenvalue weighted by molar-refractivity contribution is -0.124. The van der Waals surface area contributed by atoms with Gasteiger partial charge in [0.25, 0.3) is 0 Å². The van der Waals surface area contributed by atoms with Crippen LogP contribution in [0.1, 0.15) is 13.3 Å². The van der Waals surface area contributed by atoms with Gasteiger partial charge in [-0.2, -0.15) is 0 Å². The van der Waals surface area contributed by atoms with Crippen LogP contribution in [0.15, 0.2) is 18.7 Å².